The van der Waals surface area contributed by atoms with Crippen molar-refractivity contribution in [1.29, 1.82) is 0 Å². The van der Waals surface area contributed by atoms with Crippen LogP contribution in [0.3, 0.4) is 0 Å². The summed E-state index contributed by atoms with van der Waals surface area (Å²) in [6.07, 6.45) is 2.71. The monoisotopic (exact) mass is 1110 g/mol. The summed E-state index contributed by atoms with van der Waals surface area (Å²) in [4.78, 5) is 98.5. The molecule has 80 heavy (non-hydrogen) atoms. The molecule has 2 aliphatic rings. The zero-order chi connectivity index (χ0) is 57.3. The molecule has 426 valence electrons. The Bertz CT molecular complexity index is 3210. The van der Waals surface area contributed by atoms with Gasteiger partial charge in [0.05, 0.1) is 52.7 Å². The lowest BCUT2D eigenvalue weighted by Crippen LogP contribution is -2.58. The third kappa shape index (κ3) is 14.7. The maximum Gasteiger partial charge on any atom is 0.253 e. The molecule has 8 rings (SSSR count). The molecule has 6 aromatic rings. The van der Waals surface area contributed by atoms with Crippen LogP contribution in [0.5, 0.6) is 0 Å². The summed E-state index contributed by atoms with van der Waals surface area (Å²) in [6, 6.07) is 15.7. The van der Waals surface area contributed by atoms with Crippen LogP contribution in [0, 0.1) is 26.2 Å². The highest BCUT2D eigenvalue weighted by atomic mass is 32.1. The van der Waals surface area contributed by atoms with Gasteiger partial charge in [-0.2, -0.15) is 5.10 Å². The number of likely N-dealkylation sites (tertiary alicyclic amines) is 1. The van der Waals surface area contributed by atoms with Gasteiger partial charge in [-0.3, -0.25) is 38.3 Å². The third-order valence-electron chi connectivity index (χ3n) is 14.4. The zero-order valence-corrected chi connectivity index (χ0v) is 47.7. The number of aliphatic hydroxyl groups excluding tert-OH is 1. The van der Waals surface area contributed by atoms with E-state index in [1.54, 1.807) is 23.0 Å². The van der Waals surface area contributed by atoms with Gasteiger partial charge in [0, 0.05) is 99.8 Å². The first-order chi connectivity index (χ1) is 38.2. The van der Waals surface area contributed by atoms with Gasteiger partial charge in [0.15, 0.2) is 0 Å². The second kappa shape index (κ2) is 26.3. The number of nitrogens with zero attached hydrogens (tertiary/aromatic N) is 7. The van der Waals surface area contributed by atoms with E-state index in [0.29, 0.717) is 29.6 Å². The Balaban J connectivity index is 0.722. The molecule has 6 N–H and O–H groups in total. The van der Waals surface area contributed by atoms with Gasteiger partial charge in [-0.25, -0.2) is 9.97 Å². The van der Waals surface area contributed by atoms with Crippen molar-refractivity contribution < 1.29 is 38.6 Å². The van der Waals surface area contributed by atoms with Crippen molar-refractivity contribution in [1.82, 2.24) is 55.8 Å². The number of thiazole rings is 1. The number of aromatic amines is 1. The zero-order valence-electron chi connectivity index (χ0n) is 46.9. The fourth-order valence-corrected chi connectivity index (χ4v) is 10.9. The number of piperazine rings is 1. The Morgan fingerprint density at radius 3 is 2.20 bits per heavy atom. The van der Waals surface area contributed by atoms with E-state index in [9.17, 15) is 33.9 Å². The summed E-state index contributed by atoms with van der Waals surface area (Å²) < 4.78 is 12.9. The predicted octanol–water partition coefficient (Wildman–Crippen LogP) is 4.43. The van der Waals surface area contributed by atoms with E-state index in [1.165, 1.54) is 4.90 Å². The minimum Gasteiger partial charge on any atom is -0.391 e. The first-order valence-corrected chi connectivity index (χ1v) is 28.0. The number of nitrogens with one attached hydrogen (secondary N) is 5. The minimum atomic E-state index is -1.01. The molecule has 22 heteroatoms. The number of aromatic nitrogens is 5. The van der Waals surface area contributed by atoms with Crippen molar-refractivity contribution in [2.75, 3.05) is 77.1 Å². The van der Waals surface area contributed by atoms with E-state index in [4.69, 9.17) is 14.5 Å². The molecule has 21 nitrogen and oxygen atoms in total. The Morgan fingerprint density at radius 1 is 0.838 bits per heavy atom. The number of amides is 5. The molecule has 3 atom stereocenters. The largest absolute Gasteiger partial charge is 0.391 e. The molecule has 2 saturated heterocycles. The third-order valence-corrected chi connectivity index (χ3v) is 15.4. The second-order valence-corrected chi connectivity index (χ2v) is 22.8. The van der Waals surface area contributed by atoms with Crippen LogP contribution >= 0.6 is 11.3 Å². The molecule has 0 saturated carbocycles. The number of aliphatic hydroxyl groups is 1. The lowest BCUT2D eigenvalue weighted by Gasteiger charge is -2.35. The molecule has 0 bridgehead atoms. The SMILES string of the molecule is Cc1cc(C)c(CNC(=O)c2cc(-c3ccc(N4CCN(CCNC(=O)COCCOCC(=O)NC(C(=O)N5C[C@H](O)C[C@H]5C(=O)NCc5ccc(-c6scnc6C)cc5)C(C)(C)C)CC4)nc3)cc3c2cnn3C(C)C)c(=O)[nH]1. The van der Waals surface area contributed by atoms with Gasteiger partial charge in [0.2, 0.25) is 23.6 Å². The molecular formula is C58H74N12O9S. The molecule has 0 radical (unpaired) electrons. The second-order valence-electron chi connectivity index (χ2n) is 21.9. The molecule has 5 amide bonds. The number of hydrogen-bond donors (Lipinski definition) is 6. The normalized spacial score (nSPS) is 16.3. The van der Waals surface area contributed by atoms with E-state index in [1.807, 2.05) is 121 Å². The van der Waals surface area contributed by atoms with Crippen molar-refractivity contribution in [2.45, 2.75) is 99.1 Å². The topological polar surface area (TPSA) is 258 Å². The van der Waals surface area contributed by atoms with E-state index < -0.39 is 41.3 Å². The maximum atomic E-state index is 14.0. The highest BCUT2D eigenvalue weighted by Gasteiger charge is 2.44. The van der Waals surface area contributed by atoms with Crippen LogP contribution in [0.25, 0.3) is 32.5 Å². The van der Waals surface area contributed by atoms with E-state index in [-0.39, 0.29) is 75.9 Å². The number of aryl methyl sites for hydroxylation is 3. The summed E-state index contributed by atoms with van der Waals surface area (Å²) in [7, 11) is 0. The van der Waals surface area contributed by atoms with Gasteiger partial charge in [-0.05, 0) is 92.6 Å². The Labute approximate surface area is 469 Å². The van der Waals surface area contributed by atoms with Crippen LogP contribution in [-0.2, 0) is 41.7 Å². The standard InChI is InChI=1S/C58H74N12O9S/c1-35(2)70-47-25-42(24-44(46(47)30-64-70)54(74)62-29-45-36(3)23-37(4)65-55(45)75)41-13-14-49(60-28-41)68-19-17-67(18-20-68)16-15-59-50(72)32-78-21-22-79-33-51(73)66-53(58(6,7)8)57(77)69-31-43(71)26-48(69)56(76)61-27-39-9-11-40(12-10-39)52-38(5)63-34-80-52/h9-14,23-25,28,30,34-35,43,48,53,71H,15-22,26-27,29,31-33H2,1-8H3,(H,59,72)(H,61,76)(H,62,74)(H,65,75)(H,66,73)/t43-,48+,53?/m1/s1. The molecule has 4 aromatic heterocycles. The van der Waals surface area contributed by atoms with Crippen molar-refractivity contribution in [3.8, 4) is 21.6 Å². The van der Waals surface area contributed by atoms with Crippen molar-refractivity contribution >= 4 is 57.6 Å². The van der Waals surface area contributed by atoms with Crippen LogP contribution in [0.4, 0.5) is 5.82 Å². The number of ether oxygens (including phenoxy) is 2. The molecule has 0 aliphatic carbocycles. The van der Waals surface area contributed by atoms with Gasteiger partial charge in [0.25, 0.3) is 11.5 Å². The van der Waals surface area contributed by atoms with Gasteiger partial charge >= 0.3 is 0 Å². The lowest BCUT2D eigenvalue weighted by molar-refractivity contribution is -0.144. The number of carbonyl (C=O) groups excluding carboxylic acids is 5. The van der Waals surface area contributed by atoms with Crippen molar-refractivity contribution in [2.24, 2.45) is 5.41 Å². The number of rotatable bonds is 22. The number of pyridine rings is 2. The number of anilines is 1. The summed E-state index contributed by atoms with van der Waals surface area (Å²) >= 11 is 1.56. The first-order valence-electron chi connectivity index (χ1n) is 27.1. The molecule has 2 aliphatic heterocycles. The van der Waals surface area contributed by atoms with E-state index in [2.05, 4.69) is 46.1 Å². The highest BCUT2D eigenvalue weighted by molar-refractivity contribution is 7.13. The van der Waals surface area contributed by atoms with Gasteiger partial charge < -0.3 is 50.6 Å². The Kier molecular flexibility index (Phi) is 19.3. The Hall–Kier alpha value is -7.37. The fraction of sp³-hybridized carbons (Fsp3) is 0.466. The first kappa shape index (κ1) is 58.8. The van der Waals surface area contributed by atoms with Crippen molar-refractivity contribution in [3.63, 3.8) is 0 Å². The summed E-state index contributed by atoms with van der Waals surface area (Å²) in [5.74, 6) is -1.14. The fourth-order valence-electron chi connectivity index (χ4n) is 10.1. The Morgan fingerprint density at radius 2 is 1.55 bits per heavy atom. The smallest absolute Gasteiger partial charge is 0.253 e. The summed E-state index contributed by atoms with van der Waals surface area (Å²) in [5, 5.41) is 27.5. The lowest BCUT2D eigenvalue weighted by atomic mass is 9.85. The van der Waals surface area contributed by atoms with Gasteiger partial charge in [0.1, 0.15) is 31.1 Å². The van der Waals surface area contributed by atoms with Gasteiger partial charge in [-0.15, -0.1) is 11.3 Å². The van der Waals surface area contributed by atoms with Crippen LogP contribution in [0.2, 0.25) is 0 Å². The number of β-amino-alcohol motifs (C(OH)–C–C–N with tert-alkyl or cyclic N) is 1. The van der Waals surface area contributed by atoms with Crippen LogP contribution in [0.1, 0.15) is 85.5 Å². The highest BCUT2D eigenvalue weighted by Crippen LogP contribution is 2.32. The van der Waals surface area contributed by atoms with Gasteiger partial charge in [-0.1, -0.05) is 45.0 Å². The average Bonchev–Trinajstić information content (AvgIpc) is 4.18. The number of fused-ring (bicyclic) bond motifs is 1. The summed E-state index contributed by atoms with van der Waals surface area (Å²) in [5.41, 5.74) is 8.74. The molecule has 6 heterocycles. The van der Waals surface area contributed by atoms with E-state index in [0.717, 1.165) is 81.6 Å². The van der Waals surface area contributed by atoms with Crippen LogP contribution < -0.4 is 31.7 Å². The summed E-state index contributed by atoms with van der Waals surface area (Å²) in [6.45, 7) is 19.1. The number of H-pyrrole nitrogens is 1. The number of carbonyl (C=O) groups is 5. The minimum absolute atomic E-state index is 0.0328. The molecule has 0 spiro atoms. The van der Waals surface area contributed by atoms with Crippen LogP contribution in [-0.4, -0.2) is 160 Å². The molecule has 2 aromatic carbocycles. The average molecular weight is 1120 g/mol. The van der Waals surface area contributed by atoms with Crippen molar-refractivity contribution in [3.05, 3.63) is 116 Å². The maximum absolute atomic E-state index is 14.0. The molecule has 2 fully saturated rings. The van der Waals surface area contributed by atoms with Crippen LogP contribution in [0.15, 0.2) is 77.3 Å². The predicted molar refractivity (Wildman–Crippen MR) is 306 cm³/mol. The molecule has 1 unspecified atom stereocenters. The number of hydrogen-bond acceptors (Lipinski definition) is 15. The quantitative estimate of drug-likeness (QED) is 0.0515. The number of benzene rings is 2. The van der Waals surface area contributed by atoms with E-state index >= 15 is 0 Å². The molecular weight excluding hydrogens is 1040 g/mol.